The number of aryl methyl sites for hydroxylation is 2. The molecule has 0 aromatic carbocycles. The number of hydrogen-bond acceptors (Lipinski definition) is 2. The van der Waals surface area contributed by atoms with Gasteiger partial charge in [0.1, 0.15) is 0 Å². The van der Waals surface area contributed by atoms with Crippen LogP contribution < -0.4 is 5.32 Å². The van der Waals surface area contributed by atoms with Crippen LogP contribution in [0.2, 0.25) is 0 Å². The fourth-order valence-electron chi connectivity index (χ4n) is 2.25. The molecule has 1 atom stereocenters. The van der Waals surface area contributed by atoms with E-state index in [0.29, 0.717) is 6.04 Å². The van der Waals surface area contributed by atoms with Gasteiger partial charge in [-0.1, -0.05) is 18.6 Å². The SMILES string of the molecule is CCCNC(C=C(C)C)Cc1c(C)nn(C)c1C. The highest BCUT2D eigenvalue weighted by molar-refractivity contribution is 5.26. The monoisotopic (exact) mass is 249 g/mol. The Morgan fingerprint density at radius 3 is 2.50 bits per heavy atom. The Kier molecular flexibility index (Phi) is 5.60. The average Bonchev–Trinajstić information content (AvgIpc) is 2.52. The molecule has 1 rings (SSSR count). The summed E-state index contributed by atoms with van der Waals surface area (Å²) in [6.45, 7) is 11.8. The first kappa shape index (κ1) is 15.0. The van der Waals surface area contributed by atoms with E-state index in [1.54, 1.807) is 0 Å². The van der Waals surface area contributed by atoms with E-state index in [9.17, 15) is 0 Å². The molecule has 102 valence electrons. The summed E-state index contributed by atoms with van der Waals surface area (Å²) in [5.41, 5.74) is 5.17. The van der Waals surface area contributed by atoms with Crippen LogP contribution in [0.1, 0.15) is 44.1 Å². The maximum atomic E-state index is 4.49. The van der Waals surface area contributed by atoms with Crippen LogP contribution in [0.25, 0.3) is 0 Å². The molecule has 0 bridgehead atoms. The van der Waals surface area contributed by atoms with Gasteiger partial charge in [0.05, 0.1) is 5.69 Å². The average molecular weight is 249 g/mol. The molecular formula is C15H27N3. The van der Waals surface area contributed by atoms with Crippen molar-refractivity contribution in [2.45, 2.75) is 53.5 Å². The summed E-state index contributed by atoms with van der Waals surface area (Å²) >= 11 is 0. The summed E-state index contributed by atoms with van der Waals surface area (Å²) in [6, 6.07) is 0.413. The molecule has 0 amide bonds. The van der Waals surface area contributed by atoms with Crippen molar-refractivity contribution in [2.75, 3.05) is 6.54 Å². The van der Waals surface area contributed by atoms with E-state index in [1.165, 1.54) is 16.8 Å². The molecular weight excluding hydrogens is 222 g/mol. The molecule has 1 aromatic rings. The first-order valence-electron chi connectivity index (χ1n) is 6.83. The summed E-state index contributed by atoms with van der Waals surface area (Å²) in [6.07, 6.45) is 4.51. The van der Waals surface area contributed by atoms with E-state index in [1.807, 2.05) is 11.7 Å². The fourth-order valence-corrected chi connectivity index (χ4v) is 2.25. The maximum absolute atomic E-state index is 4.49. The van der Waals surface area contributed by atoms with Crippen LogP contribution >= 0.6 is 0 Å². The molecule has 3 nitrogen and oxygen atoms in total. The van der Waals surface area contributed by atoms with E-state index in [2.05, 4.69) is 51.1 Å². The predicted molar refractivity (Wildman–Crippen MR) is 77.9 cm³/mol. The van der Waals surface area contributed by atoms with Crippen molar-refractivity contribution in [3.8, 4) is 0 Å². The molecule has 0 fully saturated rings. The first-order chi connectivity index (χ1) is 8.45. The first-order valence-corrected chi connectivity index (χ1v) is 6.83. The van der Waals surface area contributed by atoms with Crippen LogP contribution in [-0.4, -0.2) is 22.4 Å². The highest BCUT2D eigenvalue weighted by Crippen LogP contribution is 2.15. The number of allylic oxidation sites excluding steroid dienone is 1. The minimum atomic E-state index is 0.413. The zero-order valence-corrected chi connectivity index (χ0v) is 12.7. The van der Waals surface area contributed by atoms with Gasteiger partial charge in [0, 0.05) is 18.8 Å². The Hall–Kier alpha value is -1.09. The second-order valence-corrected chi connectivity index (χ2v) is 5.28. The highest BCUT2D eigenvalue weighted by Gasteiger charge is 2.13. The van der Waals surface area contributed by atoms with Gasteiger partial charge in [0.25, 0.3) is 0 Å². The maximum Gasteiger partial charge on any atom is 0.0629 e. The third kappa shape index (κ3) is 3.98. The van der Waals surface area contributed by atoms with Crippen molar-refractivity contribution in [3.63, 3.8) is 0 Å². The van der Waals surface area contributed by atoms with Crippen molar-refractivity contribution in [3.05, 3.63) is 28.6 Å². The van der Waals surface area contributed by atoms with Crippen LogP contribution in [0.15, 0.2) is 11.6 Å². The molecule has 0 aliphatic carbocycles. The smallest absolute Gasteiger partial charge is 0.0629 e. The van der Waals surface area contributed by atoms with Gasteiger partial charge in [-0.05, 0) is 52.6 Å². The number of hydrogen-bond donors (Lipinski definition) is 1. The van der Waals surface area contributed by atoms with E-state index < -0.39 is 0 Å². The van der Waals surface area contributed by atoms with Gasteiger partial charge in [-0.15, -0.1) is 0 Å². The lowest BCUT2D eigenvalue weighted by Crippen LogP contribution is -2.30. The van der Waals surface area contributed by atoms with Crippen LogP contribution in [0, 0.1) is 13.8 Å². The quantitative estimate of drug-likeness (QED) is 0.786. The van der Waals surface area contributed by atoms with Crippen LogP contribution in [0.4, 0.5) is 0 Å². The van der Waals surface area contributed by atoms with Gasteiger partial charge in [-0.2, -0.15) is 5.10 Å². The number of rotatable bonds is 6. The lowest BCUT2D eigenvalue weighted by Gasteiger charge is -2.16. The molecule has 18 heavy (non-hydrogen) atoms. The summed E-state index contributed by atoms with van der Waals surface area (Å²) in [5, 5.41) is 8.09. The summed E-state index contributed by atoms with van der Waals surface area (Å²) in [5.74, 6) is 0. The summed E-state index contributed by atoms with van der Waals surface area (Å²) in [7, 11) is 2.02. The molecule has 0 saturated heterocycles. The molecule has 0 saturated carbocycles. The van der Waals surface area contributed by atoms with Gasteiger partial charge in [-0.3, -0.25) is 4.68 Å². The molecule has 1 N–H and O–H groups in total. The van der Waals surface area contributed by atoms with E-state index in [4.69, 9.17) is 0 Å². The third-order valence-electron chi connectivity index (χ3n) is 3.27. The number of nitrogens with one attached hydrogen (secondary N) is 1. The Labute approximate surface area is 111 Å². The van der Waals surface area contributed by atoms with Crippen LogP contribution in [-0.2, 0) is 13.5 Å². The van der Waals surface area contributed by atoms with Crippen LogP contribution in [0.5, 0.6) is 0 Å². The summed E-state index contributed by atoms with van der Waals surface area (Å²) < 4.78 is 1.98. The van der Waals surface area contributed by atoms with Crippen LogP contribution in [0.3, 0.4) is 0 Å². The zero-order chi connectivity index (χ0) is 13.7. The summed E-state index contributed by atoms with van der Waals surface area (Å²) in [4.78, 5) is 0. The van der Waals surface area contributed by atoms with Crippen molar-refractivity contribution in [2.24, 2.45) is 7.05 Å². The van der Waals surface area contributed by atoms with E-state index >= 15 is 0 Å². The zero-order valence-electron chi connectivity index (χ0n) is 12.7. The standard InChI is InChI=1S/C15H27N3/c1-7-8-16-14(9-11(2)3)10-15-12(4)17-18(6)13(15)5/h9,14,16H,7-8,10H2,1-6H3. The van der Waals surface area contributed by atoms with E-state index in [0.717, 1.165) is 25.1 Å². The lowest BCUT2D eigenvalue weighted by atomic mass is 10.0. The molecule has 1 aromatic heterocycles. The largest absolute Gasteiger partial charge is 0.310 e. The van der Waals surface area contributed by atoms with Crippen molar-refractivity contribution in [1.29, 1.82) is 0 Å². The third-order valence-corrected chi connectivity index (χ3v) is 3.27. The van der Waals surface area contributed by atoms with Gasteiger partial charge in [0.2, 0.25) is 0 Å². The number of aromatic nitrogens is 2. The second-order valence-electron chi connectivity index (χ2n) is 5.28. The van der Waals surface area contributed by atoms with Crippen molar-refractivity contribution >= 4 is 0 Å². The Balaban J connectivity index is 2.85. The topological polar surface area (TPSA) is 29.9 Å². The molecule has 1 heterocycles. The highest BCUT2D eigenvalue weighted by atomic mass is 15.3. The molecule has 0 aliphatic heterocycles. The minimum absolute atomic E-state index is 0.413. The minimum Gasteiger partial charge on any atom is -0.310 e. The van der Waals surface area contributed by atoms with Crippen molar-refractivity contribution < 1.29 is 0 Å². The Bertz CT molecular complexity index is 412. The Morgan fingerprint density at radius 1 is 1.39 bits per heavy atom. The fraction of sp³-hybridized carbons (Fsp3) is 0.667. The van der Waals surface area contributed by atoms with Gasteiger partial charge < -0.3 is 5.32 Å². The van der Waals surface area contributed by atoms with Gasteiger partial charge >= 0.3 is 0 Å². The molecule has 1 unspecified atom stereocenters. The second kappa shape index (κ2) is 6.74. The molecule has 0 aliphatic rings. The molecule has 0 spiro atoms. The van der Waals surface area contributed by atoms with E-state index in [-0.39, 0.29) is 0 Å². The van der Waals surface area contributed by atoms with Gasteiger partial charge in [0.15, 0.2) is 0 Å². The van der Waals surface area contributed by atoms with Crippen molar-refractivity contribution in [1.82, 2.24) is 15.1 Å². The molecule has 3 heteroatoms. The predicted octanol–water partition coefficient (Wildman–Crippen LogP) is 2.91. The van der Waals surface area contributed by atoms with Gasteiger partial charge in [-0.25, -0.2) is 0 Å². The Morgan fingerprint density at radius 2 is 2.06 bits per heavy atom. The lowest BCUT2D eigenvalue weighted by molar-refractivity contribution is 0.580. The normalized spacial score (nSPS) is 12.6. The number of nitrogens with zero attached hydrogens (tertiary/aromatic N) is 2. The molecule has 0 radical (unpaired) electrons.